The Labute approximate surface area is 274 Å². The molecule has 0 spiro atoms. The third kappa shape index (κ3) is 15.6. The van der Waals surface area contributed by atoms with Gasteiger partial charge in [-0.05, 0) is 55.3 Å². The molecule has 2 N–H and O–H groups in total. The van der Waals surface area contributed by atoms with E-state index in [0.717, 1.165) is 48.0 Å². The summed E-state index contributed by atoms with van der Waals surface area (Å²) in [6.45, 7) is 18.7. The summed E-state index contributed by atoms with van der Waals surface area (Å²) in [6.07, 6.45) is 23.6. The molecular formula is C40H74O4. The van der Waals surface area contributed by atoms with Gasteiger partial charge in [-0.2, -0.15) is 0 Å². The third-order valence-corrected chi connectivity index (χ3v) is 10.7. The molecule has 6 unspecified atom stereocenters. The largest absolute Gasteiger partial charge is 0.504 e. The van der Waals surface area contributed by atoms with E-state index >= 15 is 0 Å². The number of methoxy groups -OCH3 is 2. The first-order valence-electron chi connectivity index (χ1n) is 18.6. The highest BCUT2D eigenvalue weighted by Gasteiger charge is 2.23. The second-order valence-electron chi connectivity index (χ2n) is 15.1. The predicted octanol–water partition coefficient (Wildman–Crippen LogP) is 12.4. The van der Waals surface area contributed by atoms with Crippen molar-refractivity contribution in [2.45, 2.75) is 171 Å². The Kier molecular flexibility index (Phi) is 21.0. The molecule has 0 fully saturated rings. The maximum atomic E-state index is 10.7. The van der Waals surface area contributed by atoms with Gasteiger partial charge in [0.2, 0.25) is 11.5 Å². The molecule has 0 aliphatic rings. The van der Waals surface area contributed by atoms with Crippen LogP contribution in [0.2, 0.25) is 0 Å². The first kappa shape index (κ1) is 40.4. The van der Waals surface area contributed by atoms with Gasteiger partial charge in [0.25, 0.3) is 0 Å². The van der Waals surface area contributed by atoms with Gasteiger partial charge in [0.05, 0.1) is 14.2 Å². The smallest absolute Gasteiger partial charge is 0.207 e. The van der Waals surface area contributed by atoms with Crippen molar-refractivity contribution in [1.29, 1.82) is 0 Å². The Morgan fingerprint density at radius 2 is 0.773 bits per heavy atom. The van der Waals surface area contributed by atoms with Crippen LogP contribution in [0.15, 0.2) is 0 Å². The minimum Gasteiger partial charge on any atom is -0.504 e. The van der Waals surface area contributed by atoms with Gasteiger partial charge in [0.15, 0.2) is 11.5 Å². The van der Waals surface area contributed by atoms with E-state index in [9.17, 15) is 10.2 Å². The van der Waals surface area contributed by atoms with Crippen molar-refractivity contribution >= 4 is 0 Å². The van der Waals surface area contributed by atoms with Crippen LogP contribution in [0.1, 0.15) is 169 Å². The van der Waals surface area contributed by atoms with E-state index in [1.807, 2.05) is 6.92 Å². The van der Waals surface area contributed by atoms with Crippen LogP contribution in [0.25, 0.3) is 0 Å². The van der Waals surface area contributed by atoms with Crippen LogP contribution in [-0.4, -0.2) is 24.4 Å². The SMILES string of the molecule is CCC(C)CCCC(C)CCCC(C)CCCC(C)CCCC(C)CCCC(C)CCc1c(C)c(O)c(OC)c(OC)c1O. The highest BCUT2D eigenvalue weighted by Crippen LogP contribution is 2.48. The standard InChI is InChI=1S/C40H74O4/c1-11-29(2)17-12-18-30(3)19-13-20-31(4)21-14-22-32(5)23-15-24-33(6)25-16-26-34(7)27-28-36-35(8)37(41)39(43-9)40(44-10)38(36)42/h29-34,41-42H,11-28H2,1-10H3. The Hall–Kier alpha value is -1.58. The number of phenolic OH excluding ortho intramolecular Hbond substituents is 2. The van der Waals surface area contributed by atoms with E-state index in [0.29, 0.717) is 11.5 Å². The molecule has 0 saturated carbocycles. The fourth-order valence-corrected chi connectivity index (χ4v) is 6.92. The van der Waals surface area contributed by atoms with Crippen molar-refractivity contribution in [3.05, 3.63) is 11.1 Å². The second-order valence-corrected chi connectivity index (χ2v) is 15.1. The molecule has 0 amide bonds. The average Bonchev–Trinajstić information content (AvgIpc) is 2.98. The molecule has 1 aromatic carbocycles. The summed E-state index contributed by atoms with van der Waals surface area (Å²) in [5.41, 5.74) is 1.43. The number of hydrogen-bond donors (Lipinski definition) is 2. The van der Waals surface area contributed by atoms with Crippen LogP contribution in [0.4, 0.5) is 0 Å². The Balaban J connectivity index is 2.16. The van der Waals surface area contributed by atoms with Gasteiger partial charge in [-0.25, -0.2) is 0 Å². The first-order chi connectivity index (χ1) is 20.9. The zero-order chi connectivity index (χ0) is 33.1. The van der Waals surface area contributed by atoms with Crippen LogP contribution >= 0.6 is 0 Å². The van der Waals surface area contributed by atoms with Crippen LogP contribution in [0.5, 0.6) is 23.0 Å². The maximum absolute atomic E-state index is 10.7. The molecule has 0 radical (unpaired) electrons. The quantitative estimate of drug-likeness (QED) is 0.101. The lowest BCUT2D eigenvalue weighted by molar-refractivity contribution is 0.313. The minimum atomic E-state index is 0.0565. The van der Waals surface area contributed by atoms with E-state index in [-0.39, 0.29) is 23.0 Å². The third-order valence-electron chi connectivity index (χ3n) is 10.7. The fraction of sp³-hybridized carbons (Fsp3) is 0.850. The summed E-state index contributed by atoms with van der Waals surface area (Å²) in [5.74, 6) is 5.48. The van der Waals surface area contributed by atoms with E-state index in [1.54, 1.807) is 0 Å². The molecule has 4 nitrogen and oxygen atoms in total. The number of hydrogen-bond acceptors (Lipinski definition) is 4. The normalized spacial score (nSPS) is 15.9. The summed E-state index contributed by atoms with van der Waals surface area (Å²) >= 11 is 0. The second kappa shape index (κ2) is 22.8. The van der Waals surface area contributed by atoms with Gasteiger partial charge in [-0.15, -0.1) is 0 Å². The summed E-state index contributed by atoms with van der Waals surface area (Å²) in [6, 6.07) is 0. The molecule has 4 heteroatoms. The topological polar surface area (TPSA) is 58.9 Å². The van der Waals surface area contributed by atoms with Crippen LogP contribution < -0.4 is 9.47 Å². The van der Waals surface area contributed by atoms with Crippen molar-refractivity contribution in [3.8, 4) is 23.0 Å². The average molecular weight is 619 g/mol. The highest BCUT2D eigenvalue weighted by atomic mass is 16.5. The summed E-state index contributed by atoms with van der Waals surface area (Å²) in [4.78, 5) is 0. The monoisotopic (exact) mass is 619 g/mol. The Morgan fingerprint density at radius 1 is 0.477 bits per heavy atom. The lowest BCUT2D eigenvalue weighted by Gasteiger charge is -2.19. The number of benzene rings is 1. The zero-order valence-corrected chi connectivity index (χ0v) is 30.9. The summed E-state index contributed by atoms with van der Waals surface area (Å²) < 4.78 is 10.6. The molecule has 0 aliphatic carbocycles. The van der Waals surface area contributed by atoms with E-state index in [2.05, 4.69) is 48.5 Å². The molecule has 6 atom stereocenters. The summed E-state index contributed by atoms with van der Waals surface area (Å²) in [7, 11) is 2.96. The Bertz CT molecular complexity index is 881. The molecule has 44 heavy (non-hydrogen) atoms. The van der Waals surface area contributed by atoms with E-state index < -0.39 is 0 Å². The minimum absolute atomic E-state index is 0.0565. The van der Waals surface area contributed by atoms with Crippen molar-refractivity contribution in [3.63, 3.8) is 0 Å². The zero-order valence-electron chi connectivity index (χ0n) is 30.9. The molecule has 1 aromatic rings. The lowest BCUT2D eigenvalue weighted by atomic mass is 9.89. The van der Waals surface area contributed by atoms with Gasteiger partial charge < -0.3 is 19.7 Å². The van der Waals surface area contributed by atoms with Crippen molar-refractivity contribution in [2.75, 3.05) is 14.2 Å². The number of ether oxygens (including phenoxy) is 2. The summed E-state index contributed by atoms with van der Waals surface area (Å²) in [5, 5.41) is 21.2. The molecule has 0 heterocycles. The fourth-order valence-electron chi connectivity index (χ4n) is 6.92. The molecule has 258 valence electrons. The lowest BCUT2D eigenvalue weighted by Crippen LogP contribution is -2.04. The van der Waals surface area contributed by atoms with Crippen LogP contribution in [-0.2, 0) is 6.42 Å². The van der Waals surface area contributed by atoms with E-state index in [1.165, 1.54) is 117 Å². The number of phenols is 2. The van der Waals surface area contributed by atoms with Crippen LogP contribution in [0.3, 0.4) is 0 Å². The van der Waals surface area contributed by atoms with E-state index in [4.69, 9.17) is 9.47 Å². The van der Waals surface area contributed by atoms with Gasteiger partial charge in [0, 0.05) is 11.1 Å². The first-order valence-corrected chi connectivity index (χ1v) is 18.6. The number of rotatable bonds is 26. The molecular weight excluding hydrogens is 544 g/mol. The van der Waals surface area contributed by atoms with Gasteiger partial charge in [0.1, 0.15) is 0 Å². The van der Waals surface area contributed by atoms with Crippen molar-refractivity contribution < 1.29 is 19.7 Å². The molecule has 0 saturated heterocycles. The molecule has 0 bridgehead atoms. The number of aromatic hydroxyl groups is 2. The van der Waals surface area contributed by atoms with Gasteiger partial charge >= 0.3 is 0 Å². The molecule has 0 aliphatic heterocycles. The van der Waals surface area contributed by atoms with Gasteiger partial charge in [-0.1, -0.05) is 151 Å². The van der Waals surface area contributed by atoms with Crippen molar-refractivity contribution in [1.82, 2.24) is 0 Å². The highest BCUT2D eigenvalue weighted by molar-refractivity contribution is 5.65. The maximum Gasteiger partial charge on any atom is 0.207 e. The Morgan fingerprint density at radius 3 is 1.09 bits per heavy atom. The van der Waals surface area contributed by atoms with Gasteiger partial charge in [-0.3, -0.25) is 0 Å². The molecule has 0 aromatic heterocycles. The van der Waals surface area contributed by atoms with Crippen molar-refractivity contribution in [2.24, 2.45) is 35.5 Å². The predicted molar refractivity (Wildman–Crippen MR) is 190 cm³/mol. The molecule has 1 rings (SSSR count). The van der Waals surface area contributed by atoms with Crippen LogP contribution in [0, 0.1) is 42.4 Å².